The monoisotopic (exact) mass is 335 g/mol. The number of hydrogen-bond acceptors (Lipinski definition) is 4. The van der Waals surface area contributed by atoms with Gasteiger partial charge in [0.1, 0.15) is 11.6 Å². The van der Waals surface area contributed by atoms with Gasteiger partial charge in [-0.15, -0.1) is 0 Å². The molecule has 0 unspecified atom stereocenters. The highest BCUT2D eigenvalue weighted by atomic mass is 16.2. The summed E-state index contributed by atoms with van der Waals surface area (Å²) < 4.78 is 0. The van der Waals surface area contributed by atoms with Crippen LogP contribution in [0.1, 0.15) is 36.1 Å². The van der Waals surface area contributed by atoms with Crippen molar-refractivity contribution in [2.45, 2.75) is 32.1 Å². The number of carbonyl (C=O) groups is 1. The van der Waals surface area contributed by atoms with Crippen LogP contribution in [0, 0.1) is 6.92 Å². The predicted molar refractivity (Wildman–Crippen MR) is 95.1 cm³/mol. The van der Waals surface area contributed by atoms with E-state index in [1.807, 2.05) is 48.4 Å². The molecule has 1 saturated heterocycles. The number of nitrogens with zero attached hydrogens (tertiary/aromatic N) is 4. The molecule has 0 radical (unpaired) electrons. The second-order valence-corrected chi connectivity index (χ2v) is 6.56. The Balaban J connectivity index is 1.37. The number of hydrogen-bond donors (Lipinski definition) is 1. The van der Waals surface area contributed by atoms with E-state index >= 15 is 0 Å². The van der Waals surface area contributed by atoms with Gasteiger partial charge in [-0.3, -0.25) is 4.79 Å². The Morgan fingerprint density at radius 3 is 2.76 bits per heavy atom. The molecule has 0 spiro atoms. The molecule has 0 atom stereocenters. The number of piperidine rings is 1. The number of imidazole rings is 1. The summed E-state index contributed by atoms with van der Waals surface area (Å²) in [7, 11) is 0. The van der Waals surface area contributed by atoms with E-state index in [1.165, 1.54) is 0 Å². The van der Waals surface area contributed by atoms with E-state index in [-0.39, 0.29) is 5.91 Å². The smallest absolute Gasteiger partial charge is 0.230 e. The summed E-state index contributed by atoms with van der Waals surface area (Å²) in [4.78, 5) is 30.9. The predicted octanol–water partition coefficient (Wildman–Crippen LogP) is 2.61. The summed E-state index contributed by atoms with van der Waals surface area (Å²) >= 11 is 0. The highest BCUT2D eigenvalue weighted by Gasteiger charge is 2.25. The maximum absolute atomic E-state index is 12.6. The molecule has 1 aliphatic heterocycles. The maximum atomic E-state index is 12.6. The first-order chi connectivity index (χ1) is 12.2. The lowest BCUT2D eigenvalue weighted by Gasteiger charge is -2.31. The van der Waals surface area contributed by atoms with Gasteiger partial charge in [-0.2, -0.15) is 0 Å². The zero-order valence-electron chi connectivity index (χ0n) is 14.3. The van der Waals surface area contributed by atoms with Crippen molar-refractivity contribution in [3.05, 3.63) is 53.9 Å². The van der Waals surface area contributed by atoms with E-state index in [0.717, 1.165) is 54.3 Å². The van der Waals surface area contributed by atoms with Crippen molar-refractivity contribution in [1.29, 1.82) is 0 Å². The molecule has 1 amide bonds. The molecule has 1 fully saturated rings. The fourth-order valence-electron chi connectivity index (χ4n) is 3.47. The molecule has 128 valence electrons. The number of amides is 1. The number of nitrogens with one attached hydrogen (secondary N) is 1. The van der Waals surface area contributed by atoms with Crippen molar-refractivity contribution in [1.82, 2.24) is 24.8 Å². The topological polar surface area (TPSA) is 74.8 Å². The quantitative estimate of drug-likeness (QED) is 0.798. The molecule has 1 N–H and O–H groups in total. The molecule has 1 aromatic carbocycles. The van der Waals surface area contributed by atoms with Crippen LogP contribution in [0.15, 0.2) is 36.5 Å². The molecule has 25 heavy (non-hydrogen) atoms. The molecular formula is C19H21N5O. The van der Waals surface area contributed by atoms with Crippen LogP contribution >= 0.6 is 0 Å². The van der Waals surface area contributed by atoms with E-state index in [4.69, 9.17) is 0 Å². The number of carbonyl (C=O) groups excluding carboxylic acids is 1. The van der Waals surface area contributed by atoms with Crippen molar-refractivity contribution in [2.75, 3.05) is 13.1 Å². The van der Waals surface area contributed by atoms with E-state index in [0.29, 0.717) is 12.3 Å². The number of H-pyrrole nitrogens is 1. The van der Waals surface area contributed by atoms with Crippen molar-refractivity contribution in [3.63, 3.8) is 0 Å². The lowest BCUT2D eigenvalue weighted by atomic mass is 9.93. The lowest BCUT2D eigenvalue weighted by molar-refractivity contribution is -0.131. The van der Waals surface area contributed by atoms with Crippen LogP contribution in [0.2, 0.25) is 0 Å². The van der Waals surface area contributed by atoms with E-state index in [1.54, 1.807) is 0 Å². The minimum Gasteiger partial charge on any atom is -0.342 e. The van der Waals surface area contributed by atoms with Crippen LogP contribution in [0.5, 0.6) is 0 Å². The number of aromatic amines is 1. The van der Waals surface area contributed by atoms with Crippen LogP contribution in [-0.2, 0) is 11.2 Å². The number of aryl methyl sites for hydroxylation is 1. The van der Waals surface area contributed by atoms with Gasteiger partial charge >= 0.3 is 0 Å². The van der Waals surface area contributed by atoms with Crippen molar-refractivity contribution in [2.24, 2.45) is 0 Å². The largest absolute Gasteiger partial charge is 0.342 e. The molecule has 6 nitrogen and oxygen atoms in total. The van der Waals surface area contributed by atoms with Gasteiger partial charge < -0.3 is 9.88 Å². The number of para-hydroxylation sites is 2. The zero-order chi connectivity index (χ0) is 17.2. The number of aromatic nitrogens is 4. The Hall–Kier alpha value is -2.76. The number of likely N-dealkylation sites (tertiary alicyclic amines) is 1. The van der Waals surface area contributed by atoms with Gasteiger partial charge in [0, 0.05) is 30.9 Å². The minimum absolute atomic E-state index is 0.136. The number of fused-ring (bicyclic) bond motifs is 1. The molecule has 0 saturated carbocycles. The molecular weight excluding hydrogens is 314 g/mol. The van der Waals surface area contributed by atoms with E-state index < -0.39 is 0 Å². The van der Waals surface area contributed by atoms with Crippen LogP contribution in [-0.4, -0.2) is 43.8 Å². The summed E-state index contributed by atoms with van der Waals surface area (Å²) in [6.45, 7) is 3.45. The van der Waals surface area contributed by atoms with Crippen molar-refractivity contribution < 1.29 is 4.79 Å². The standard InChI is InChI=1S/C19H21N5O/c1-13-20-9-6-15(21-13)14-7-10-24(11-8-14)19(25)12-18-22-16-4-2-3-5-17(16)23-18/h2-6,9,14H,7-8,10-12H2,1H3,(H,22,23). The normalized spacial score (nSPS) is 15.6. The minimum atomic E-state index is 0.136. The highest BCUT2D eigenvalue weighted by Crippen LogP contribution is 2.26. The molecule has 0 aliphatic carbocycles. The first-order valence-corrected chi connectivity index (χ1v) is 8.70. The maximum Gasteiger partial charge on any atom is 0.230 e. The van der Waals surface area contributed by atoms with Gasteiger partial charge in [-0.05, 0) is 38.0 Å². The van der Waals surface area contributed by atoms with Gasteiger partial charge in [0.25, 0.3) is 0 Å². The molecule has 1 aliphatic rings. The Labute approximate surface area is 146 Å². The fraction of sp³-hybridized carbons (Fsp3) is 0.368. The van der Waals surface area contributed by atoms with Crippen molar-refractivity contribution >= 4 is 16.9 Å². The molecule has 4 rings (SSSR count). The number of benzene rings is 1. The van der Waals surface area contributed by atoms with Crippen LogP contribution in [0.25, 0.3) is 11.0 Å². The summed E-state index contributed by atoms with van der Waals surface area (Å²) in [5.74, 6) is 2.09. The molecule has 3 heterocycles. The third-order valence-electron chi connectivity index (χ3n) is 4.82. The first-order valence-electron chi connectivity index (χ1n) is 8.70. The third-order valence-corrected chi connectivity index (χ3v) is 4.82. The van der Waals surface area contributed by atoms with Gasteiger partial charge in [0.2, 0.25) is 5.91 Å². The Morgan fingerprint density at radius 1 is 1.20 bits per heavy atom. The summed E-state index contributed by atoms with van der Waals surface area (Å²) in [5, 5.41) is 0. The van der Waals surface area contributed by atoms with Gasteiger partial charge in [-0.25, -0.2) is 15.0 Å². The molecule has 3 aromatic rings. The van der Waals surface area contributed by atoms with Gasteiger partial charge in [-0.1, -0.05) is 12.1 Å². The van der Waals surface area contributed by atoms with Crippen molar-refractivity contribution in [3.8, 4) is 0 Å². The third kappa shape index (κ3) is 3.38. The van der Waals surface area contributed by atoms with Gasteiger partial charge in [0.05, 0.1) is 17.5 Å². The molecule has 0 bridgehead atoms. The Morgan fingerprint density at radius 2 is 2.00 bits per heavy atom. The molecule has 6 heteroatoms. The second kappa shape index (κ2) is 6.63. The van der Waals surface area contributed by atoms with Crippen LogP contribution < -0.4 is 0 Å². The highest BCUT2D eigenvalue weighted by molar-refractivity contribution is 5.80. The number of rotatable bonds is 3. The zero-order valence-corrected chi connectivity index (χ0v) is 14.3. The summed E-state index contributed by atoms with van der Waals surface area (Å²) in [5.41, 5.74) is 2.98. The van der Waals surface area contributed by atoms with Crippen LogP contribution in [0.3, 0.4) is 0 Å². The average Bonchev–Trinajstić information content (AvgIpc) is 3.04. The fourth-order valence-corrected chi connectivity index (χ4v) is 3.47. The Kier molecular flexibility index (Phi) is 4.17. The Bertz CT molecular complexity index is 862. The average molecular weight is 335 g/mol. The second-order valence-electron chi connectivity index (χ2n) is 6.56. The molecule has 2 aromatic heterocycles. The van der Waals surface area contributed by atoms with Gasteiger partial charge in [0.15, 0.2) is 0 Å². The summed E-state index contributed by atoms with van der Waals surface area (Å²) in [6.07, 6.45) is 4.04. The van der Waals surface area contributed by atoms with Crippen LogP contribution in [0.4, 0.5) is 0 Å². The van der Waals surface area contributed by atoms with E-state index in [9.17, 15) is 4.79 Å². The van der Waals surface area contributed by atoms with E-state index in [2.05, 4.69) is 19.9 Å². The first kappa shape index (κ1) is 15.7. The SMILES string of the molecule is Cc1nccc(C2CCN(C(=O)Cc3nc4ccccc4[nH]3)CC2)n1. The summed E-state index contributed by atoms with van der Waals surface area (Å²) in [6, 6.07) is 9.84. The lowest BCUT2D eigenvalue weighted by Crippen LogP contribution is -2.39.